The number of H-pyrrole nitrogens is 1. The number of nitrogens with zero attached hydrogens (tertiary/aromatic N) is 1. The van der Waals surface area contributed by atoms with Crippen LogP contribution in [0.3, 0.4) is 0 Å². The lowest BCUT2D eigenvalue weighted by Gasteiger charge is -2.15. The highest BCUT2D eigenvalue weighted by atomic mass is 19.3. The molecule has 0 spiro atoms. The van der Waals surface area contributed by atoms with Gasteiger partial charge in [0, 0.05) is 24.5 Å². The van der Waals surface area contributed by atoms with Gasteiger partial charge >= 0.3 is 6.61 Å². The van der Waals surface area contributed by atoms with Gasteiger partial charge in [-0.05, 0) is 31.5 Å². The number of ether oxygens (including phenoxy) is 1. The van der Waals surface area contributed by atoms with Crippen LogP contribution in [0.2, 0.25) is 0 Å². The van der Waals surface area contributed by atoms with Crippen molar-refractivity contribution in [3.63, 3.8) is 0 Å². The second-order valence-electron chi connectivity index (χ2n) is 4.55. The van der Waals surface area contributed by atoms with Gasteiger partial charge < -0.3 is 15.0 Å². The van der Waals surface area contributed by atoms with Crippen molar-refractivity contribution in [3.05, 3.63) is 47.5 Å². The Bertz CT molecular complexity index is 557. The number of halogens is 2. The molecule has 1 unspecified atom stereocenters. The summed E-state index contributed by atoms with van der Waals surface area (Å²) in [5.74, 6) is 1.03. The van der Waals surface area contributed by atoms with Gasteiger partial charge in [0.15, 0.2) is 0 Å². The van der Waals surface area contributed by atoms with Crippen LogP contribution in [-0.4, -0.2) is 16.6 Å². The molecule has 1 aromatic heterocycles. The van der Waals surface area contributed by atoms with E-state index in [0.717, 1.165) is 17.1 Å². The standard InChI is InChI=1S/C14H17F2N3O/c1-9(17-7-12-8-18-10(2)19-12)11-4-3-5-13(6-11)20-14(15)16/h3-6,8-9,14,17H,7H2,1-2H3,(H,18,19). The van der Waals surface area contributed by atoms with Crippen molar-refractivity contribution in [2.24, 2.45) is 0 Å². The Morgan fingerprint density at radius 1 is 1.40 bits per heavy atom. The quantitative estimate of drug-likeness (QED) is 0.855. The van der Waals surface area contributed by atoms with Crippen LogP contribution in [0.4, 0.5) is 8.78 Å². The zero-order valence-electron chi connectivity index (χ0n) is 11.4. The smallest absolute Gasteiger partial charge is 0.387 e. The van der Waals surface area contributed by atoms with Gasteiger partial charge in [-0.25, -0.2) is 4.98 Å². The molecule has 1 atom stereocenters. The molecule has 0 fully saturated rings. The van der Waals surface area contributed by atoms with Gasteiger partial charge in [-0.2, -0.15) is 8.78 Å². The summed E-state index contributed by atoms with van der Waals surface area (Å²) in [6, 6.07) is 6.71. The Morgan fingerprint density at radius 3 is 2.85 bits per heavy atom. The summed E-state index contributed by atoms with van der Waals surface area (Å²) < 4.78 is 28.7. The Balaban J connectivity index is 1.96. The first-order valence-electron chi connectivity index (χ1n) is 6.33. The number of aryl methyl sites for hydroxylation is 1. The van der Waals surface area contributed by atoms with E-state index in [0.29, 0.717) is 6.54 Å². The zero-order chi connectivity index (χ0) is 14.5. The maximum Gasteiger partial charge on any atom is 0.387 e. The molecule has 6 heteroatoms. The lowest BCUT2D eigenvalue weighted by atomic mass is 10.1. The highest BCUT2D eigenvalue weighted by molar-refractivity contribution is 5.30. The molecule has 2 N–H and O–H groups in total. The van der Waals surface area contributed by atoms with E-state index in [-0.39, 0.29) is 11.8 Å². The second kappa shape index (κ2) is 6.47. The fraction of sp³-hybridized carbons (Fsp3) is 0.357. The Hall–Kier alpha value is -1.95. The average Bonchev–Trinajstić information content (AvgIpc) is 2.81. The highest BCUT2D eigenvalue weighted by Crippen LogP contribution is 2.20. The lowest BCUT2D eigenvalue weighted by molar-refractivity contribution is -0.0499. The maximum absolute atomic E-state index is 12.2. The number of alkyl halides is 2. The molecule has 1 aromatic carbocycles. The van der Waals surface area contributed by atoms with E-state index in [9.17, 15) is 8.78 Å². The summed E-state index contributed by atoms with van der Waals surface area (Å²) in [6.07, 6.45) is 1.77. The number of nitrogens with one attached hydrogen (secondary N) is 2. The molecule has 0 saturated heterocycles. The predicted molar refractivity (Wildman–Crippen MR) is 71.7 cm³/mol. The Kier molecular flexibility index (Phi) is 4.68. The average molecular weight is 281 g/mol. The van der Waals surface area contributed by atoms with E-state index in [1.54, 1.807) is 18.3 Å². The van der Waals surface area contributed by atoms with E-state index in [2.05, 4.69) is 20.0 Å². The molecular formula is C14H17F2N3O. The van der Waals surface area contributed by atoms with Crippen LogP contribution in [0.1, 0.15) is 30.0 Å². The van der Waals surface area contributed by atoms with E-state index in [1.165, 1.54) is 6.07 Å². The second-order valence-corrected chi connectivity index (χ2v) is 4.55. The minimum atomic E-state index is -2.80. The predicted octanol–water partition coefficient (Wildman–Crippen LogP) is 3.17. The van der Waals surface area contributed by atoms with Crippen molar-refractivity contribution in [3.8, 4) is 5.75 Å². The summed E-state index contributed by atoms with van der Waals surface area (Å²) in [5, 5.41) is 3.29. The zero-order valence-corrected chi connectivity index (χ0v) is 11.4. The van der Waals surface area contributed by atoms with Crippen molar-refractivity contribution in [1.82, 2.24) is 15.3 Å². The molecule has 20 heavy (non-hydrogen) atoms. The molecule has 0 aliphatic heterocycles. The van der Waals surface area contributed by atoms with E-state index >= 15 is 0 Å². The van der Waals surface area contributed by atoms with Crippen LogP contribution in [-0.2, 0) is 6.54 Å². The number of aromatic amines is 1. The van der Waals surface area contributed by atoms with Crippen LogP contribution >= 0.6 is 0 Å². The largest absolute Gasteiger partial charge is 0.435 e. The van der Waals surface area contributed by atoms with Gasteiger partial charge in [-0.3, -0.25) is 0 Å². The maximum atomic E-state index is 12.2. The normalized spacial score (nSPS) is 12.7. The van der Waals surface area contributed by atoms with E-state index in [4.69, 9.17) is 0 Å². The van der Waals surface area contributed by atoms with Gasteiger partial charge in [-0.1, -0.05) is 12.1 Å². The number of benzene rings is 1. The van der Waals surface area contributed by atoms with Gasteiger partial charge in [0.2, 0.25) is 0 Å². The van der Waals surface area contributed by atoms with Gasteiger partial charge in [0.1, 0.15) is 11.6 Å². The number of imidazole rings is 1. The molecule has 1 heterocycles. The van der Waals surface area contributed by atoms with Crippen LogP contribution in [0.15, 0.2) is 30.5 Å². The summed E-state index contributed by atoms with van der Waals surface area (Å²) in [6.45, 7) is 1.67. The minimum Gasteiger partial charge on any atom is -0.435 e. The van der Waals surface area contributed by atoms with Gasteiger partial charge in [0.05, 0.1) is 0 Å². The van der Waals surface area contributed by atoms with Crippen LogP contribution in [0, 0.1) is 6.92 Å². The van der Waals surface area contributed by atoms with Crippen molar-refractivity contribution in [1.29, 1.82) is 0 Å². The summed E-state index contributed by atoms with van der Waals surface area (Å²) in [5.41, 5.74) is 1.87. The molecule has 2 aromatic rings. The third-order valence-corrected chi connectivity index (χ3v) is 2.94. The molecule has 108 valence electrons. The number of hydrogen-bond donors (Lipinski definition) is 2. The van der Waals surface area contributed by atoms with Crippen molar-refractivity contribution < 1.29 is 13.5 Å². The first-order valence-corrected chi connectivity index (χ1v) is 6.33. The highest BCUT2D eigenvalue weighted by Gasteiger charge is 2.09. The van der Waals surface area contributed by atoms with E-state index < -0.39 is 6.61 Å². The van der Waals surface area contributed by atoms with Crippen molar-refractivity contribution in [2.75, 3.05) is 0 Å². The van der Waals surface area contributed by atoms with Crippen molar-refractivity contribution in [2.45, 2.75) is 33.0 Å². The molecule has 4 nitrogen and oxygen atoms in total. The molecule has 0 aliphatic rings. The molecule has 0 radical (unpaired) electrons. The summed E-state index contributed by atoms with van der Waals surface area (Å²) in [4.78, 5) is 7.24. The van der Waals surface area contributed by atoms with Crippen LogP contribution in [0.5, 0.6) is 5.75 Å². The van der Waals surface area contributed by atoms with Gasteiger partial charge in [-0.15, -0.1) is 0 Å². The molecule has 0 bridgehead atoms. The SMILES string of the molecule is Cc1ncc(CNC(C)c2cccc(OC(F)F)c2)[nH]1. The topological polar surface area (TPSA) is 49.9 Å². The number of hydrogen-bond acceptors (Lipinski definition) is 3. The Labute approximate surface area is 116 Å². The molecule has 0 aliphatic carbocycles. The summed E-state index contributed by atoms with van der Waals surface area (Å²) in [7, 11) is 0. The molecule has 0 amide bonds. The fourth-order valence-electron chi connectivity index (χ4n) is 1.90. The van der Waals surface area contributed by atoms with Gasteiger partial charge in [0.25, 0.3) is 0 Å². The Morgan fingerprint density at radius 2 is 2.20 bits per heavy atom. The lowest BCUT2D eigenvalue weighted by Crippen LogP contribution is -2.18. The first kappa shape index (κ1) is 14.5. The number of rotatable bonds is 6. The molecule has 0 saturated carbocycles. The first-order chi connectivity index (χ1) is 9.54. The minimum absolute atomic E-state index is 0.0137. The third-order valence-electron chi connectivity index (χ3n) is 2.94. The summed E-state index contributed by atoms with van der Waals surface area (Å²) >= 11 is 0. The molecule has 2 rings (SSSR count). The number of aromatic nitrogens is 2. The monoisotopic (exact) mass is 281 g/mol. The van der Waals surface area contributed by atoms with Crippen LogP contribution in [0.25, 0.3) is 0 Å². The van der Waals surface area contributed by atoms with E-state index in [1.807, 2.05) is 19.9 Å². The van der Waals surface area contributed by atoms with Crippen molar-refractivity contribution >= 4 is 0 Å². The fourth-order valence-corrected chi connectivity index (χ4v) is 1.90. The third kappa shape index (κ3) is 4.03. The molecular weight excluding hydrogens is 264 g/mol. The van der Waals surface area contributed by atoms with Crippen LogP contribution < -0.4 is 10.1 Å².